The standard InChI is InChI=1S/C24H17ClN2O5/c1-12-3-8-20(13(2)9-12)27-22(29)16-6-4-14(10-18(16)23(27)30)21(28)26-19-11-15(25)5-7-17(19)24(31)32/h3-11H,1-2H3,(H,26,28)(H,31,32). The maximum atomic E-state index is 13.0. The molecule has 3 aromatic rings. The van der Waals surface area contributed by atoms with Crippen LogP contribution in [0.4, 0.5) is 11.4 Å². The molecule has 0 radical (unpaired) electrons. The molecule has 0 spiro atoms. The fourth-order valence-electron chi connectivity index (χ4n) is 3.66. The first-order valence-electron chi connectivity index (χ1n) is 9.61. The van der Waals surface area contributed by atoms with Crippen LogP contribution >= 0.6 is 11.6 Å². The molecule has 7 nitrogen and oxygen atoms in total. The van der Waals surface area contributed by atoms with Crippen molar-refractivity contribution in [2.45, 2.75) is 13.8 Å². The first-order valence-corrected chi connectivity index (χ1v) is 9.99. The van der Waals surface area contributed by atoms with Crippen LogP contribution in [0.25, 0.3) is 0 Å². The van der Waals surface area contributed by atoms with Gasteiger partial charge in [0.15, 0.2) is 0 Å². The summed E-state index contributed by atoms with van der Waals surface area (Å²) >= 11 is 5.93. The maximum Gasteiger partial charge on any atom is 0.337 e. The number of hydrogen-bond acceptors (Lipinski definition) is 4. The number of rotatable bonds is 4. The molecule has 3 aromatic carbocycles. The highest BCUT2D eigenvalue weighted by Gasteiger charge is 2.37. The second-order valence-corrected chi connectivity index (χ2v) is 7.88. The number of anilines is 2. The van der Waals surface area contributed by atoms with Crippen molar-refractivity contribution in [1.29, 1.82) is 0 Å². The number of amides is 3. The van der Waals surface area contributed by atoms with Crippen LogP contribution in [0.2, 0.25) is 5.02 Å². The molecule has 0 bridgehead atoms. The topological polar surface area (TPSA) is 104 Å². The van der Waals surface area contributed by atoms with Gasteiger partial charge in [0.1, 0.15) is 0 Å². The Morgan fingerprint density at radius 1 is 0.906 bits per heavy atom. The lowest BCUT2D eigenvalue weighted by atomic mass is 10.0. The van der Waals surface area contributed by atoms with Gasteiger partial charge in [-0.15, -0.1) is 0 Å². The number of halogens is 1. The smallest absolute Gasteiger partial charge is 0.337 e. The molecule has 0 aliphatic carbocycles. The number of carboxylic acids is 1. The van der Waals surface area contributed by atoms with Crippen LogP contribution < -0.4 is 10.2 Å². The second kappa shape index (κ2) is 7.94. The van der Waals surface area contributed by atoms with Crippen molar-refractivity contribution >= 4 is 46.7 Å². The number of carbonyl (C=O) groups excluding carboxylic acids is 3. The average molecular weight is 449 g/mol. The summed E-state index contributed by atoms with van der Waals surface area (Å²) in [5.41, 5.74) is 2.56. The molecule has 1 aliphatic rings. The summed E-state index contributed by atoms with van der Waals surface area (Å²) in [7, 11) is 0. The van der Waals surface area contributed by atoms with Crippen molar-refractivity contribution in [2.24, 2.45) is 0 Å². The largest absolute Gasteiger partial charge is 0.478 e. The predicted octanol–water partition coefficient (Wildman–Crippen LogP) is 4.71. The number of fused-ring (bicyclic) bond motifs is 1. The van der Waals surface area contributed by atoms with E-state index in [0.29, 0.717) is 5.69 Å². The number of carboxylic acid groups (broad SMARTS) is 1. The number of hydrogen-bond donors (Lipinski definition) is 2. The van der Waals surface area contributed by atoms with Gasteiger partial charge in [0.05, 0.1) is 28.1 Å². The van der Waals surface area contributed by atoms with Crippen LogP contribution in [0.5, 0.6) is 0 Å². The monoisotopic (exact) mass is 448 g/mol. The number of carbonyl (C=O) groups is 4. The van der Waals surface area contributed by atoms with Crippen molar-refractivity contribution in [3.8, 4) is 0 Å². The molecule has 0 saturated heterocycles. The summed E-state index contributed by atoms with van der Waals surface area (Å²) in [5, 5.41) is 12.1. The Labute approximate surface area is 188 Å². The Balaban J connectivity index is 1.67. The lowest BCUT2D eigenvalue weighted by Gasteiger charge is -2.16. The van der Waals surface area contributed by atoms with Gasteiger partial charge >= 0.3 is 5.97 Å². The summed E-state index contributed by atoms with van der Waals surface area (Å²) in [4.78, 5) is 51.2. The Morgan fingerprint density at radius 2 is 1.62 bits per heavy atom. The SMILES string of the molecule is Cc1ccc(N2C(=O)c3ccc(C(=O)Nc4cc(Cl)ccc4C(=O)O)cc3C2=O)c(C)c1. The van der Waals surface area contributed by atoms with Gasteiger partial charge in [-0.25, -0.2) is 9.69 Å². The van der Waals surface area contributed by atoms with E-state index in [4.69, 9.17) is 11.6 Å². The van der Waals surface area contributed by atoms with E-state index in [0.717, 1.165) is 16.0 Å². The molecule has 1 aliphatic heterocycles. The highest BCUT2D eigenvalue weighted by Crippen LogP contribution is 2.32. The Kier molecular flexibility index (Phi) is 5.28. The van der Waals surface area contributed by atoms with Gasteiger partial charge in [-0.05, 0) is 61.9 Å². The number of nitrogens with zero attached hydrogens (tertiary/aromatic N) is 1. The predicted molar refractivity (Wildman–Crippen MR) is 120 cm³/mol. The number of imide groups is 1. The van der Waals surface area contributed by atoms with E-state index in [1.54, 1.807) is 6.07 Å². The molecule has 0 unspecified atom stereocenters. The molecule has 1 heterocycles. The van der Waals surface area contributed by atoms with E-state index in [9.17, 15) is 24.3 Å². The zero-order chi connectivity index (χ0) is 23.2. The lowest BCUT2D eigenvalue weighted by molar-refractivity contribution is 0.0697. The molecule has 32 heavy (non-hydrogen) atoms. The van der Waals surface area contributed by atoms with E-state index in [1.807, 2.05) is 26.0 Å². The van der Waals surface area contributed by atoms with Gasteiger partial charge in [0.2, 0.25) is 0 Å². The minimum Gasteiger partial charge on any atom is -0.478 e. The number of benzene rings is 3. The first-order chi connectivity index (χ1) is 15.2. The van der Waals surface area contributed by atoms with Crippen LogP contribution in [0, 0.1) is 13.8 Å². The number of aryl methyl sites for hydroxylation is 2. The molecule has 4 rings (SSSR count). The van der Waals surface area contributed by atoms with E-state index in [2.05, 4.69) is 5.32 Å². The number of nitrogens with one attached hydrogen (secondary N) is 1. The molecular formula is C24H17ClN2O5. The molecular weight excluding hydrogens is 432 g/mol. The summed E-state index contributed by atoms with van der Waals surface area (Å²) in [6.45, 7) is 3.73. The number of aromatic carboxylic acids is 1. The van der Waals surface area contributed by atoms with Gasteiger partial charge in [0, 0.05) is 10.6 Å². The highest BCUT2D eigenvalue weighted by atomic mass is 35.5. The fourth-order valence-corrected chi connectivity index (χ4v) is 3.83. The minimum atomic E-state index is -1.23. The fraction of sp³-hybridized carbons (Fsp3) is 0.0833. The maximum absolute atomic E-state index is 13.0. The normalized spacial score (nSPS) is 12.7. The zero-order valence-electron chi connectivity index (χ0n) is 17.1. The van der Waals surface area contributed by atoms with Gasteiger partial charge in [-0.2, -0.15) is 0 Å². The Hall–Kier alpha value is -3.97. The third kappa shape index (κ3) is 3.63. The van der Waals surface area contributed by atoms with E-state index < -0.39 is 23.7 Å². The molecule has 0 saturated carbocycles. The molecule has 2 N–H and O–H groups in total. The van der Waals surface area contributed by atoms with E-state index in [1.165, 1.54) is 36.4 Å². The van der Waals surface area contributed by atoms with Crippen molar-refractivity contribution in [2.75, 3.05) is 10.2 Å². The Morgan fingerprint density at radius 3 is 2.31 bits per heavy atom. The van der Waals surface area contributed by atoms with Crippen LogP contribution in [-0.4, -0.2) is 28.8 Å². The van der Waals surface area contributed by atoms with Crippen molar-refractivity contribution in [3.05, 3.63) is 93.0 Å². The molecule has 160 valence electrons. The zero-order valence-corrected chi connectivity index (χ0v) is 17.9. The van der Waals surface area contributed by atoms with Gasteiger partial charge in [-0.3, -0.25) is 14.4 Å². The van der Waals surface area contributed by atoms with Crippen molar-refractivity contribution in [1.82, 2.24) is 0 Å². The van der Waals surface area contributed by atoms with Crippen LogP contribution in [0.1, 0.15) is 52.6 Å². The molecule has 8 heteroatoms. The lowest BCUT2D eigenvalue weighted by Crippen LogP contribution is -2.30. The van der Waals surface area contributed by atoms with E-state index >= 15 is 0 Å². The third-order valence-electron chi connectivity index (χ3n) is 5.20. The summed E-state index contributed by atoms with van der Waals surface area (Å²) in [5.74, 6) is -2.86. The second-order valence-electron chi connectivity index (χ2n) is 7.45. The Bertz CT molecular complexity index is 1330. The van der Waals surface area contributed by atoms with Gasteiger partial charge in [0.25, 0.3) is 17.7 Å². The minimum absolute atomic E-state index is 0.0230. The van der Waals surface area contributed by atoms with Gasteiger partial charge in [-0.1, -0.05) is 29.3 Å². The van der Waals surface area contributed by atoms with Crippen LogP contribution in [0.15, 0.2) is 54.6 Å². The summed E-state index contributed by atoms with van der Waals surface area (Å²) < 4.78 is 0. The van der Waals surface area contributed by atoms with Crippen molar-refractivity contribution in [3.63, 3.8) is 0 Å². The molecule has 0 aromatic heterocycles. The molecule has 0 atom stereocenters. The summed E-state index contributed by atoms with van der Waals surface area (Å²) in [6, 6.07) is 13.6. The molecule has 3 amide bonds. The van der Waals surface area contributed by atoms with Crippen LogP contribution in [0.3, 0.4) is 0 Å². The highest BCUT2D eigenvalue weighted by molar-refractivity contribution is 6.35. The van der Waals surface area contributed by atoms with Crippen molar-refractivity contribution < 1.29 is 24.3 Å². The molecule has 0 fully saturated rings. The quantitative estimate of drug-likeness (QED) is 0.562. The first kappa shape index (κ1) is 21.3. The third-order valence-corrected chi connectivity index (χ3v) is 5.44. The van der Waals surface area contributed by atoms with Crippen LogP contribution in [-0.2, 0) is 0 Å². The average Bonchev–Trinajstić information content (AvgIpc) is 2.98. The van der Waals surface area contributed by atoms with E-state index in [-0.39, 0.29) is 33.0 Å². The van der Waals surface area contributed by atoms with Gasteiger partial charge < -0.3 is 10.4 Å². The summed E-state index contributed by atoms with van der Waals surface area (Å²) in [6.07, 6.45) is 0.